The summed E-state index contributed by atoms with van der Waals surface area (Å²) in [4.78, 5) is 31.0. The fourth-order valence-corrected chi connectivity index (χ4v) is 6.55. The van der Waals surface area contributed by atoms with Crippen LogP contribution in [-0.4, -0.2) is 26.6 Å². The molecule has 0 saturated heterocycles. The van der Waals surface area contributed by atoms with Crippen LogP contribution in [0.4, 0.5) is 0 Å². The molecule has 0 radical (unpaired) electrons. The standard InChI is InChI=1S/C18H16ClNO2S.C11H13ClO2.C7H4ClNS/c1-2-13(21)9-7-12-8-10-16(14(19)11-12)22-18-20-15-5-3-4-6-17(15)23-18;1-2-9(13)5-3-8-4-6-11(14)10(12)7-8;8-7-9-5-3-1-2-4-6(5)10-7/h3-6,8,10-11H,2,7,9H2,1H3;4,6-7,14H,2-3,5H2,1H3;1-4H. The zero-order valence-corrected chi connectivity index (χ0v) is 29.7. The van der Waals surface area contributed by atoms with Crippen molar-refractivity contribution in [1.82, 2.24) is 9.97 Å². The summed E-state index contributed by atoms with van der Waals surface area (Å²) in [6, 6.07) is 26.5. The molecule has 0 bridgehead atoms. The van der Waals surface area contributed by atoms with Gasteiger partial charge in [-0.25, -0.2) is 9.97 Å². The number of halogens is 3. The molecule has 244 valence electrons. The van der Waals surface area contributed by atoms with E-state index in [1.54, 1.807) is 18.2 Å². The summed E-state index contributed by atoms with van der Waals surface area (Å²) in [5, 5.41) is 10.6. The van der Waals surface area contributed by atoms with E-state index in [0.717, 1.165) is 31.6 Å². The van der Waals surface area contributed by atoms with Gasteiger partial charge in [0, 0.05) is 25.7 Å². The van der Waals surface area contributed by atoms with Crippen LogP contribution in [0.25, 0.3) is 20.4 Å². The molecule has 6 aromatic rings. The molecule has 4 aromatic carbocycles. The van der Waals surface area contributed by atoms with Crippen molar-refractivity contribution in [3.8, 4) is 16.7 Å². The van der Waals surface area contributed by atoms with Gasteiger partial charge in [0.2, 0.25) is 0 Å². The van der Waals surface area contributed by atoms with Gasteiger partial charge in [0.15, 0.2) is 4.47 Å². The number of rotatable bonds is 10. The van der Waals surface area contributed by atoms with Crippen molar-refractivity contribution in [1.29, 1.82) is 0 Å². The Morgan fingerprint density at radius 2 is 1.23 bits per heavy atom. The predicted molar refractivity (Wildman–Crippen MR) is 196 cm³/mol. The molecule has 0 spiro atoms. The van der Waals surface area contributed by atoms with E-state index >= 15 is 0 Å². The maximum atomic E-state index is 11.4. The quantitative estimate of drug-likeness (QED) is 0.151. The Hall–Kier alpha value is -3.53. The SMILES string of the molecule is CCC(=O)CCc1ccc(O)c(Cl)c1.CCC(=O)CCc1ccc(Oc2nc3ccccc3s2)c(Cl)c1.Clc1nc2ccccc2s1. The Morgan fingerprint density at radius 1 is 0.702 bits per heavy atom. The van der Waals surface area contributed by atoms with Crippen molar-refractivity contribution >= 4 is 89.5 Å². The van der Waals surface area contributed by atoms with E-state index in [1.807, 2.05) is 80.6 Å². The molecule has 0 fully saturated rings. The maximum Gasteiger partial charge on any atom is 0.279 e. The Kier molecular flexibility index (Phi) is 14.0. The van der Waals surface area contributed by atoms with Crippen molar-refractivity contribution < 1.29 is 19.4 Å². The largest absolute Gasteiger partial charge is 0.506 e. The molecule has 11 heteroatoms. The molecular weight excluding hydrogens is 695 g/mol. The number of aromatic nitrogens is 2. The lowest BCUT2D eigenvalue weighted by Gasteiger charge is -2.06. The summed E-state index contributed by atoms with van der Waals surface area (Å²) in [5.41, 5.74) is 3.92. The topological polar surface area (TPSA) is 89.4 Å². The molecular formula is C36H33Cl3N2O4S2. The lowest BCUT2D eigenvalue weighted by atomic mass is 10.1. The number of thiazole rings is 2. The Balaban J connectivity index is 0.000000176. The molecule has 6 nitrogen and oxygen atoms in total. The number of carbonyl (C=O) groups is 2. The highest BCUT2D eigenvalue weighted by atomic mass is 35.5. The summed E-state index contributed by atoms with van der Waals surface area (Å²) in [6.45, 7) is 3.73. The summed E-state index contributed by atoms with van der Waals surface area (Å²) in [7, 11) is 0. The smallest absolute Gasteiger partial charge is 0.279 e. The van der Waals surface area contributed by atoms with Crippen LogP contribution in [0.3, 0.4) is 0 Å². The molecule has 2 aromatic heterocycles. The maximum absolute atomic E-state index is 11.4. The van der Waals surface area contributed by atoms with E-state index in [1.165, 1.54) is 22.7 Å². The zero-order valence-electron chi connectivity index (χ0n) is 25.8. The number of ketones is 2. The van der Waals surface area contributed by atoms with Crippen LogP contribution < -0.4 is 4.74 Å². The lowest BCUT2D eigenvalue weighted by Crippen LogP contribution is -1.97. The van der Waals surface area contributed by atoms with Gasteiger partial charge in [-0.15, -0.1) is 11.3 Å². The van der Waals surface area contributed by atoms with Gasteiger partial charge in [0.1, 0.15) is 23.1 Å². The number of ether oxygens (including phenoxy) is 1. The van der Waals surface area contributed by atoms with E-state index in [4.69, 9.17) is 44.6 Å². The third-order valence-corrected chi connectivity index (χ3v) is 9.57. The van der Waals surface area contributed by atoms with Crippen LogP contribution in [0.5, 0.6) is 16.7 Å². The van der Waals surface area contributed by atoms with Crippen molar-refractivity contribution in [3.05, 3.63) is 111 Å². The number of carbonyl (C=O) groups excluding carboxylic acids is 2. The van der Waals surface area contributed by atoms with Crippen molar-refractivity contribution in [2.45, 2.75) is 52.4 Å². The molecule has 0 aliphatic carbocycles. The number of aryl methyl sites for hydroxylation is 2. The third kappa shape index (κ3) is 11.3. The average molecular weight is 728 g/mol. The van der Waals surface area contributed by atoms with Crippen molar-refractivity contribution in [3.63, 3.8) is 0 Å². The van der Waals surface area contributed by atoms with E-state index in [2.05, 4.69) is 9.97 Å². The average Bonchev–Trinajstić information content (AvgIpc) is 3.67. The van der Waals surface area contributed by atoms with E-state index in [9.17, 15) is 9.59 Å². The third-order valence-electron chi connectivity index (χ3n) is 6.92. The van der Waals surface area contributed by atoms with Gasteiger partial charge in [0.25, 0.3) is 5.19 Å². The zero-order chi connectivity index (χ0) is 33.8. The van der Waals surface area contributed by atoms with E-state index < -0.39 is 0 Å². The normalized spacial score (nSPS) is 10.6. The summed E-state index contributed by atoms with van der Waals surface area (Å²) < 4.78 is 8.64. The van der Waals surface area contributed by atoms with E-state index in [-0.39, 0.29) is 17.3 Å². The number of nitrogens with zero attached hydrogens (tertiary/aromatic N) is 2. The molecule has 0 unspecified atom stereocenters. The van der Waals surface area contributed by atoms with Gasteiger partial charge in [-0.2, -0.15) is 0 Å². The minimum absolute atomic E-state index is 0.0808. The molecule has 0 saturated carbocycles. The van der Waals surface area contributed by atoms with Crippen LogP contribution in [0.2, 0.25) is 14.5 Å². The highest BCUT2D eigenvalue weighted by Gasteiger charge is 2.10. The lowest BCUT2D eigenvalue weighted by molar-refractivity contribution is -0.119. The molecule has 0 aliphatic heterocycles. The van der Waals surface area contributed by atoms with Gasteiger partial charge < -0.3 is 9.84 Å². The number of benzene rings is 4. The fraction of sp³-hybridized carbons (Fsp3) is 0.222. The first-order valence-electron chi connectivity index (χ1n) is 15.0. The number of aromatic hydroxyl groups is 1. The Labute approximate surface area is 296 Å². The summed E-state index contributed by atoms with van der Waals surface area (Å²) in [5.74, 6) is 1.17. The monoisotopic (exact) mass is 726 g/mol. The van der Waals surface area contributed by atoms with Crippen molar-refractivity contribution in [2.24, 2.45) is 0 Å². The summed E-state index contributed by atoms with van der Waals surface area (Å²) in [6.07, 6.45) is 3.63. The highest BCUT2D eigenvalue weighted by Crippen LogP contribution is 2.35. The number of para-hydroxylation sites is 2. The molecule has 2 heterocycles. The van der Waals surface area contributed by atoms with Crippen LogP contribution in [0.1, 0.15) is 50.7 Å². The van der Waals surface area contributed by atoms with Gasteiger partial charge >= 0.3 is 0 Å². The number of hydrogen-bond donors (Lipinski definition) is 1. The molecule has 0 amide bonds. The number of hydrogen-bond acceptors (Lipinski definition) is 8. The minimum Gasteiger partial charge on any atom is -0.506 e. The highest BCUT2D eigenvalue weighted by molar-refractivity contribution is 7.22. The first kappa shape index (κ1) is 36.3. The number of Topliss-reactive ketones (excluding diaryl/α,β-unsaturated/α-hetero) is 2. The first-order chi connectivity index (χ1) is 22.6. The number of phenolic OH excluding ortho intramolecular Hbond substituents is 1. The second-order valence-electron chi connectivity index (χ2n) is 10.3. The summed E-state index contributed by atoms with van der Waals surface area (Å²) >= 11 is 20.7. The first-order valence-corrected chi connectivity index (χ1v) is 17.8. The van der Waals surface area contributed by atoms with Crippen molar-refractivity contribution in [2.75, 3.05) is 0 Å². The van der Waals surface area contributed by atoms with Crippen LogP contribution in [-0.2, 0) is 22.4 Å². The Bertz CT molecular complexity index is 1890. The van der Waals surface area contributed by atoms with Gasteiger partial charge in [-0.05, 0) is 72.5 Å². The second kappa shape index (κ2) is 18.1. The van der Waals surface area contributed by atoms with Gasteiger partial charge in [-0.3, -0.25) is 9.59 Å². The van der Waals surface area contributed by atoms with Gasteiger partial charge in [0.05, 0.1) is 30.5 Å². The van der Waals surface area contributed by atoms with Gasteiger partial charge in [-0.1, -0.05) is 96.4 Å². The number of phenols is 1. The predicted octanol–water partition coefficient (Wildman–Crippen LogP) is 11.6. The fourth-order valence-electron chi connectivity index (χ4n) is 4.24. The second-order valence-corrected chi connectivity index (χ2v) is 13.7. The molecule has 47 heavy (non-hydrogen) atoms. The van der Waals surface area contributed by atoms with E-state index in [0.29, 0.717) is 64.0 Å². The molecule has 0 atom stereocenters. The minimum atomic E-state index is 0.0808. The van der Waals surface area contributed by atoms with Crippen LogP contribution in [0, 0.1) is 0 Å². The van der Waals surface area contributed by atoms with Crippen LogP contribution >= 0.6 is 57.5 Å². The molecule has 6 rings (SSSR count). The van der Waals surface area contributed by atoms with Crippen LogP contribution in [0.15, 0.2) is 84.9 Å². The Morgan fingerprint density at radius 3 is 1.77 bits per heavy atom. The molecule has 0 aliphatic rings. The molecule has 1 N–H and O–H groups in total. The number of fused-ring (bicyclic) bond motifs is 2.